The monoisotopic (exact) mass is 968 g/mol. The van der Waals surface area contributed by atoms with Gasteiger partial charge in [-0.2, -0.15) is 0 Å². The van der Waals surface area contributed by atoms with Crippen molar-refractivity contribution in [1.82, 2.24) is 14.7 Å². The number of amides is 3. The number of nitrogens with zero attached hydrogens (tertiary/aromatic N) is 3. The summed E-state index contributed by atoms with van der Waals surface area (Å²) in [5, 5.41) is 0. The van der Waals surface area contributed by atoms with Gasteiger partial charge in [0, 0.05) is 71.8 Å². The Bertz CT molecular complexity index is 2070. The molecule has 380 valence electrons. The molecule has 3 aliphatic rings. The minimum absolute atomic E-state index is 0.151. The van der Waals surface area contributed by atoms with Crippen molar-refractivity contribution in [3.63, 3.8) is 0 Å². The van der Waals surface area contributed by atoms with Crippen molar-refractivity contribution >= 4 is 36.2 Å². The van der Waals surface area contributed by atoms with Gasteiger partial charge >= 0.3 is 36.2 Å². The zero-order chi connectivity index (χ0) is 51.7. The van der Waals surface area contributed by atoms with Crippen LogP contribution in [0.15, 0.2) is 91.0 Å². The number of piperidine rings is 3. The van der Waals surface area contributed by atoms with Crippen LogP contribution in [0, 0.1) is 5.41 Å². The zero-order valence-electron chi connectivity index (χ0n) is 43.3. The van der Waals surface area contributed by atoms with Crippen molar-refractivity contribution in [3.05, 3.63) is 91.0 Å². The average Bonchev–Trinajstić information content (AvgIpc) is 3.20. The highest BCUT2D eigenvalue weighted by Gasteiger charge is 2.62. The first-order valence-corrected chi connectivity index (χ1v) is 24.4. The third-order valence-electron chi connectivity index (χ3n) is 13.9. The molecule has 3 fully saturated rings. The second-order valence-corrected chi connectivity index (χ2v) is 22.9. The van der Waals surface area contributed by atoms with E-state index in [0.29, 0.717) is 17.2 Å². The predicted molar refractivity (Wildman–Crippen MR) is 262 cm³/mol. The maximum Gasteiger partial charge on any atom is 0.416 e. The average molecular weight is 968 g/mol. The van der Waals surface area contributed by atoms with E-state index in [-0.39, 0.29) is 51.4 Å². The largest absolute Gasteiger partial charge is 0.461 e. The Morgan fingerprint density at radius 1 is 0.414 bits per heavy atom. The van der Waals surface area contributed by atoms with Gasteiger partial charge in [0.2, 0.25) is 0 Å². The Hall–Kier alpha value is -6.12. The van der Waals surface area contributed by atoms with Crippen LogP contribution in [0.5, 0.6) is 17.2 Å². The first kappa shape index (κ1) is 53.2. The molecule has 3 aliphatic heterocycles. The fourth-order valence-corrected chi connectivity index (χ4v) is 11.9. The van der Waals surface area contributed by atoms with Crippen LogP contribution in [-0.4, -0.2) is 102 Å². The Kier molecular flexibility index (Phi) is 15.2. The van der Waals surface area contributed by atoms with Crippen LogP contribution in [0.1, 0.15) is 141 Å². The van der Waals surface area contributed by atoms with Gasteiger partial charge < -0.3 is 28.4 Å². The zero-order valence-corrected chi connectivity index (χ0v) is 43.3. The van der Waals surface area contributed by atoms with Crippen molar-refractivity contribution in [2.45, 2.75) is 193 Å². The van der Waals surface area contributed by atoms with E-state index in [4.69, 9.17) is 28.4 Å². The Morgan fingerprint density at radius 2 is 0.629 bits per heavy atom. The van der Waals surface area contributed by atoms with E-state index in [1.165, 1.54) is 0 Å². The number of para-hydroxylation sites is 3. The summed E-state index contributed by atoms with van der Waals surface area (Å²) in [5.41, 5.74) is -8.13. The molecular weight excluding hydrogens is 895 g/mol. The lowest BCUT2D eigenvalue weighted by atomic mass is 9.77. The molecule has 70 heavy (non-hydrogen) atoms. The fraction of sp³-hybridized carbons (Fsp3) is 0.564. The van der Waals surface area contributed by atoms with E-state index in [0.717, 1.165) is 0 Å². The van der Waals surface area contributed by atoms with Crippen LogP contribution in [-0.2, 0) is 28.6 Å². The number of benzene rings is 3. The molecule has 0 spiro atoms. The Morgan fingerprint density at radius 3 is 0.829 bits per heavy atom. The second-order valence-electron chi connectivity index (χ2n) is 22.9. The summed E-state index contributed by atoms with van der Waals surface area (Å²) >= 11 is 0. The first-order valence-electron chi connectivity index (χ1n) is 24.4. The molecule has 0 aromatic heterocycles. The Balaban J connectivity index is 1.30. The Labute approximate surface area is 413 Å². The number of hydrogen-bond donors (Lipinski definition) is 0. The van der Waals surface area contributed by atoms with Crippen molar-refractivity contribution in [2.24, 2.45) is 5.41 Å². The van der Waals surface area contributed by atoms with E-state index in [1.54, 1.807) is 94.4 Å². The molecule has 0 radical (unpaired) electrons. The van der Waals surface area contributed by atoms with Crippen LogP contribution in [0.2, 0.25) is 0 Å². The number of ether oxygens (including phenoxy) is 6. The van der Waals surface area contributed by atoms with Gasteiger partial charge in [0.1, 0.15) is 35.6 Å². The molecule has 3 saturated heterocycles. The lowest BCUT2D eigenvalue weighted by Gasteiger charge is -2.54. The van der Waals surface area contributed by atoms with Gasteiger partial charge in [-0.1, -0.05) is 67.9 Å². The highest BCUT2D eigenvalue weighted by atomic mass is 16.6. The number of hydrogen-bond acceptors (Lipinski definition) is 12. The molecule has 0 N–H and O–H groups in total. The summed E-state index contributed by atoms with van der Waals surface area (Å²) in [4.78, 5) is 92.0. The summed E-state index contributed by atoms with van der Waals surface area (Å²) in [6.07, 6.45) is -3.51. The standard InChI is InChI=1S/C55H73N3O12/c1-14-30-55(43(59)65-40-31-49(2,3)56(50(4,5)32-40)46(62)68-37-24-18-15-19-25-37,44(60)66-41-33-51(6,7)57(52(8,9)34-41)47(63)69-38-26-20-16-21-27-38)45(61)67-42-35-53(10,11)58(54(12,13)36-42)48(64)70-39-28-22-17-23-29-39/h15-29,40-42H,14,30-36H2,1-13H3. The molecule has 15 nitrogen and oxygen atoms in total. The fourth-order valence-electron chi connectivity index (χ4n) is 11.9. The molecule has 15 heteroatoms. The summed E-state index contributed by atoms with van der Waals surface area (Å²) in [6, 6.07) is 26.2. The normalized spacial score (nSPS) is 20.6. The molecule has 3 aromatic carbocycles. The first-order chi connectivity index (χ1) is 32.5. The van der Waals surface area contributed by atoms with E-state index >= 15 is 14.4 Å². The second kappa shape index (κ2) is 19.9. The van der Waals surface area contributed by atoms with Gasteiger partial charge in [-0.3, -0.25) is 29.1 Å². The maximum absolute atomic E-state index is 15.2. The van der Waals surface area contributed by atoms with E-state index in [2.05, 4.69) is 0 Å². The predicted octanol–water partition coefficient (Wildman–Crippen LogP) is 11.1. The van der Waals surface area contributed by atoms with Gasteiger partial charge in [0.25, 0.3) is 5.41 Å². The van der Waals surface area contributed by atoms with Gasteiger partial charge in [0.15, 0.2) is 0 Å². The third kappa shape index (κ3) is 11.4. The molecule has 0 aliphatic carbocycles. The van der Waals surface area contributed by atoms with E-state index < -0.39 is 93.1 Å². The lowest BCUT2D eigenvalue weighted by Crippen LogP contribution is -2.66. The summed E-state index contributed by atoms with van der Waals surface area (Å²) in [7, 11) is 0. The molecule has 3 heterocycles. The van der Waals surface area contributed by atoms with Crippen LogP contribution in [0.3, 0.4) is 0 Å². The summed E-state index contributed by atoms with van der Waals surface area (Å²) in [5.74, 6) is -2.22. The summed E-state index contributed by atoms with van der Waals surface area (Å²) in [6.45, 7) is 23.9. The van der Waals surface area contributed by atoms with E-state index in [1.807, 2.05) is 101 Å². The van der Waals surface area contributed by atoms with Crippen LogP contribution < -0.4 is 14.2 Å². The minimum Gasteiger partial charge on any atom is -0.461 e. The van der Waals surface area contributed by atoms with Crippen molar-refractivity contribution in [3.8, 4) is 17.2 Å². The quantitative estimate of drug-likeness (QED) is 0.101. The van der Waals surface area contributed by atoms with Crippen molar-refractivity contribution < 1.29 is 57.2 Å². The van der Waals surface area contributed by atoms with Gasteiger partial charge in [-0.05, 0) is 126 Å². The molecule has 6 rings (SSSR count). The number of esters is 3. The van der Waals surface area contributed by atoms with Crippen LogP contribution in [0.25, 0.3) is 0 Å². The number of likely N-dealkylation sites (tertiary alicyclic amines) is 3. The van der Waals surface area contributed by atoms with Gasteiger partial charge in [0.05, 0.1) is 0 Å². The highest BCUT2D eigenvalue weighted by molar-refractivity contribution is 6.18. The third-order valence-corrected chi connectivity index (χ3v) is 13.9. The lowest BCUT2D eigenvalue weighted by molar-refractivity contribution is -0.199. The number of carbonyl (C=O) groups is 6. The number of rotatable bonds is 11. The molecule has 0 bridgehead atoms. The smallest absolute Gasteiger partial charge is 0.416 e. The van der Waals surface area contributed by atoms with Crippen molar-refractivity contribution in [2.75, 3.05) is 0 Å². The molecular formula is C55H73N3O12. The summed E-state index contributed by atoms with van der Waals surface area (Å²) < 4.78 is 36.4. The molecule has 3 aromatic rings. The minimum atomic E-state index is -2.58. The SMILES string of the molecule is CCCC(C(=O)OC1CC(C)(C)N(C(=O)Oc2ccccc2)C(C)(C)C1)(C(=O)OC1CC(C)(C)N(C(=O)Oc2ccccc2)C(C)(C)C1)C(=O)OC1CC(C)(C)N(C(=O)Oc2ccccc2)C(C)(C)C1. The highest BCUT2D eigenvalue weighted by Crippen LogP contribution is 2.46. The van der Waals surface area contributed by atoms with Gasteiger partial charge in [-0.25, -0.2) is 14.4 Å². The molecule has 0 atom stereocenters. The molecule has 0 unspecified atom stereocenters. The van der Waals surface area contributed by atoms with Crippen LogP contribution in [0.4, 0.5) is 14.4 Å². The van der Waals surface area contributed by atoms with E-state index in [9.17, 15) is 14.4 Å². The number of carbonyl (C=O) groups excluding carboxylic acids is 6. The van der Waals surface area contributed by atoms with Crippen LogP contribution >= 0.6 is 0 Å². The van der Waals surface area contributed by atoms with Crippen molar-refractivity contribution in [1.29, 1.82) is 0 Å². The molecule has 3 amide bonds. The van der Waals surface area contributed by atoms with Gasteiger partial charge in [-0.15, -0.1) is 0 Å². The topological polar surface area (TPSA) is 168 Å². The maximum atomic E-state index is 15.2. The molecule has 0 saturated carbocycles.